The topological polar surface area (TPSA) is 64.1 Å². The monoisotopic (exact) mass is 225 g/mol. The minimum atomic E-state index is -0.961. The summed E-state index contributed by atoms with van der Waals surface area (Å²) in [6.45, 7) is 0.453. The van der Waals surface area contributed by atoms with Gasteiger partial charge in [-0.05, 0) is 12.8 Å². The number of halogens is 1. The zero-order valence-corrected chi connectivity index (χ0v) is 8.86. The van der Waals surface area contributed by atoms with E-state index in [0.717, 1.165) is 12.8 Å². The van der Waals surface area contributed by atoms with Gasteiger partial charge < -0.3 is 10.1 Å². The van der Waals surface area contributed by atoms with Crippen LogP contribution in [0.3, 0.4) is 0 Å². The van der Waals surface area contributed by atoms with Crippen LogP contribution in [0.25, 0.3) is 0 Å². The molecule has 0 radical (unpaired) electrons. The smallest absolute Gasteiger partial charge is 0.236 e. The minimum absolute atomic E-state index is 0.0793. The van der Waals surface area contributed by atoms with Crippen molar-refractivity contribution in [3.63, 3.8) is 0 Å². The molecule has 0 aliphatic heterocycles. The van der Waals surface area contributed by atoms with E-state index in [4.69, 9.17) is 0 Å². The number of ketones is 1. The molecule has 86 valence electrons. The number of alkyl halides is 1. The van der Waals surface area contributed by atoms with E-state index in [1.807, 2.05) is 0 Å². The number of carbonyl (C=O) groups is 1. The number of aromatic nitrogens is 2. The first-order valence-corrected chi connectivity index (χ1v) is 5.04. The van der Waals surface area contributed by atoms with E-state index < -0.39 is 6.86 Å². The predicted octanol–water partition coefficient (Wildman–Crippen LogP) is 1.56. The first-order chi connectivity index (χ1) is 7.70. The highest BCUT2D eigenvalue weighted by molar-refractivity contribution is 5.96. The molecule has 0 bridgehead atoms. The Morgan fingerprint density at radius 1 is 1.69 bits per heavy atom. The summed E-state index contributed by atoms with van der Waals surface area (Å²) in [6, 6.07) is 0.341. The summed E-state index contributed by atoms with van der Waals surface area (Å²) in [5.74, 6) is 0.277. The summed E-state index contributed by atoms with van der Waals surface area (Å²) in [7, 11) is 0. The second-order valence-electron chi connectivity index (χ2n) is 3.63. The fourth-order valence-corrected chi connectivity index (χ4v) is 1.28. The Hall–Kier alpha value is -1.72. The number of hydrogen-bond acceptors (Lipinski definition) is 5. The van der Waals surface area contributed by atoms with E-state index in [9.17, 15) is 9.18 Å². The fourth-order valence-electron chi connectivity index (χ4n) is 1.28. The van der Waals surface area contributed by atoms with Gasteiger partial charge >= 0.3 is 0 Å². The van der Waals surface area contributed by atoms with E-state index in [1.54, 1.807) is 0 Å². The highest BCUT2D eigenvalue weighted by Crippen LogP contribution is 2.26. The van der Waals surface area contributed by atoms with E-state index in [0.29, 0.717) is 11.9 Å². The molecule has 1 fully saturated rings. The summed E-state index contributed by atoms with van der Waals surface area (Å²) in [5.41, 5.74) is 0.262. The number of rotatable bonds is 5. The molecule has 0 spiro atoms. The Morgan fingerprint density at radius 3 is 3.00 bits per heavy atom. The summed E-state index contributed by atoms with van der Waals surface area (Å²) < 4.78 is 16.6. The van der Waals surface area contributed by atoms with E-state index in [1.165, 1.54) is 13.1 Å². The van der Waals surface area contributed by atoms with Crippen LogP contribution in [0.1, 0.15) is 30.3 Å². The molecule has 1 aromatic rings. The van der Waals surface area contributed by atoms with E-state index >= 15 is 0 Å². The number of anilines is 1. The van der Waals surface area contributed by atoms with Gasteiger partial charge in [-0.3, -0.25) is 4.79 Å². The van der Waals surface area contributed by atoms with Crippen LogP contribution in [0.4, 0.5) is 10.2 Å². The SMILES string of the molecule is CC(=O)c1ncc(OCF)nc1NC1CC1. The fraction of sp³-hybridized carbons (Fsp3) is 0.500. The van der Waals surface area contributed by atoms with Gasteiger partial charge in [0.1, 0.15) is 5.69 Å². The molecule has 1 saturated carbocycles. The van der Waals surface area contributed by atoms with Crippen molar-refractivity contribution in [2.75, 3.05) is 12.2 Å². The van der Waals surface area contributed by atoms with Gasteiger partial charge in [0, 0.05) is 13.0 Å². The maximum Gasteiger partial charge on any atom is 0.236 e. The van der Waals surface area contributed by atoms with Gasteiger partial charge in [-0.25, -0.2) is 9.37 Å². The first-order valence-electron chi connectivity index (χ1n) is 5.04. The normalized spacial score (nSPS) is 14.6. The molecule has 6 heteroatoms. The molecule has 1 aromatic heterocycles. The Labute approximate surface area is 92.0 Å². The quantitative estimate of drug-likeness (QED) is 0.770. The lowest BCUT2D eigenvalue weighted by Gasteiger charge is -2.08. The third-order valence-corrected chi connectivity index (χ3v) is 2.20. The Balaban J connectivity index is 2.25. The van der Waals surface area contributed by atoms with Crippen LogP contribution in [0, 0.1) is 0 Å². The van der Waals surface area contributed by atoms with Crippen molar-refractivity contribution in [3.05, 3.63) is 11.9 Å². The Morgan fingerprint density at radius 2 is 2.44 bits per heavy atom. The summed E-state index contributed by atoms with van der Waals surface area (Å²) in [6.07, 6.45) is 3.34. The molecule has 0 amide bonds. The first kappa shape index (κ1) is 10.8. The van der Waals surface area contributed by atoms with Crippen LogP contribution in [0.15, 0.2) is 6.20 Å². The van der Waals surface area contributed by atoms with Crippen LogP contribution in [-0.2, 0) is 0 Å². The number of Topliss-reactive ketones (excluding diaryl/α,β-unsaturated/α-hetero) is 1. The van der Waals surface area contributed by atoms with Gasteiger partial charge in [-0.15, -0.1) is 0 Å². The summed E-state index contributed by atoms with van der Waals surface area (Å²) in [4.78, 5) is 19.2. The lowest BCUT2D eigenvalue weighted by molar-refractivity contribution is 0.101. The lowest BCUT2D eigenvalue weighted by atomic mass is 10.3. The van der Waals surface area contributed by atoms with Crippen LogP contribution in [-0.4, -0.2) is 28.7 Å². The van der Waals surface area contributed by atoms with Gasteiger partial charge in [-0.2, -0.15) is 4.98 Å². The van der Waals surface area contributed by atoms with Gasteiger partial charge in [0.25, 0.3) is 0 Å². The van der Waals surface area contributed by atoms with Crippen molar-refractivity contribution in [2.24, 2.45) is 0 Å². The van der Waals surface area contributed by atoms with Crippen molar-refractivity contribution in [1.29, 1.82) is 0 Å². The van der Waals surface area contributed by atoms with Crippen molar-refractivity contribution in [3.8, 4) is 5.88 Å². The number of ether oxygens (including phenoxy) is 1. The third kappa shape index (κ3) is 2.44. The Kier molecular flexibility index (Phi) is 2.98. The van der Waals surface area contributed by atoms with Crippen molar-refractivity contribution >= 4 is 11.6 Å². The number of hydrogen-bond donors (Lipinski definition) is 1. The minimum Gasteiger partial charge on any atom is -0.445 e. The molecule has 0 aromatic carbocycles. The highest BCUT2D eigenvalue weighted by Gasteiger charge is 2.24. The van der Waals surface area contributed by atoms with Crippen LogP contribution >= 0.6 is 0 Å². The standard InChI is InChI=1S/C10H12FN3O2/c1-6(15)9-10(13-7-2-3-7)14-8(4-12-9)16-5-11/h4,7H,2-3,5H2,1H3,(H,13,14). The highest BCUT2D eigenvalue weighted by atomic mass is 19.1. The second kappa shape index (κ2) is 4.42. The van der Waals surface area contributed by atoms with Gasteiger partial charge in [-0.1, -0.05) is 0 Å². The molecular weight excluding hydrogens is 213 g/mol. The van der Waals surface area contributed by atoms with Crippen LogP contribution in [0.5, 0.6) is 5.88 Å². The van der Waals surface area contributed by atoms with Crippen LogP contribution < -0.4 is 10.1 Å². The average molecular weight is 225 g/mol. The summed E-state index contributed by atoms with van der Waals surface area (Å²) >= 11 is 0. The predicted molar refractivity (Wildman–Crippen MR) is 55.3 cm³/mol. The number of carbonyl (C=O) groups excluding carboxylic acids is 1. The van der Waals surface area contributed by atoms with Gasteiger partial charge in [0.05, 0.1) is 6.20 Å². The van der Waals surface area contributed by atoms with Crippen molar-refractivity contribution in [1.82, 2.24) is 9.97 Å². The molecule has 0 atom stereocenters. The molecule has 1 heterocycles. The molecule has 1 aliphatic carbocycles. The molecule has 0 saturated heterocycles. The maximum atomic E-state index is 12.0. The molecule has 16 heavy (non-hydrogen) atoms. The largest absolute Gasteiger partial charge is 0.445 e. The molecular formula is C10H12FN3O2. The van der Waals surface area contributed by atoms with Gasteiger partial charge in [0.15, 0.2) is 11.6 Å². The molecule has 1 aliphatic rings. The molecule has 1 N–H and O–H groups in total. The molecule has 2 rings (SSSR count). The number of nitrogens with zero attached hydrogens (tertiary/aromatic N) is 2. The van der Waals surface area contributed by atoms with Crippen molar-refractivity contribution in [2.45, 2.75) is 25.8 Å². The second-order valence-corrected chi connectivity index (χ2v) is 3.63. The zero-order valence-electron chi connectivity index (χ0n) is 8.86. The molecule has 0 unspecified atom stereocenters. The van der Waals surface area contributed by atoms with E-state index in [-0.39, 0.29) is 17.4 Å². The van der Waals surface area contributed by atoms with Crippen LogP contribution in [0.2, 0.25) is 0 Å². The summed E-state index contributed by atoms with van der Waals surface area (Å²) in [5, 5.41) is 3.07. The van der Waals surface area contributed by atoms with E-state index in [2.05, 4.69) is 20.0 Å². The third-order valence-electron chi connectivity index (χ3n) is 2.20. The van der Waals surface area contributed by atoms with Gasteiger partial charge in [0.2, 0.25) is 12.7 Å². The lowest BCUT2D eigenvalue weighted by Crippen LogP contribution is -2.11. The zero-order chi connectivity index (χ0) is 11.5. The Bertz CT molecular complexity index is 407. The van der Waals surface area contributed by atoms with Crippen molar-refractivity contribution < 1.29 is 13.9 Å². The number of nitrogens with one attached hydrogen (secondary N) is 1. The average Bonchev–Trinajstić information content (AvgIpc) is 3.02. The maximum absolute atomic E-state index is 12.0. The molecule has 5 nitrogen and oxygen atoms in total.